The van der Waals surface area contributed by atoms with E-state index in [9.17, 15) is 0 Å². The summed E-state index contributed by atoms with van der Waals surface area (Å²) in [5.41, 5.74) is 5.23. The topological polar surface area (TPSA) is 3.24 Å². The largest absolute Gasteiger partial charge is 0.343 e. The number of rotatable bonds is 2. The van der Waals surface area contributed by atoms with Crippen LogP contribution >= 0.6 is 0 Å². The molecule has 0 aromatic heterocycles. The van der Waals surface area contributed by atoms with Gasteiger partial charge in [0.25, 0.3) is 0 Å². The van der Waals surface area contributed by atoms with Gasteiger partial charge in [0, 0.05) is 17.4 Å². The molecule has 0 atom stereocenters. The van der Waals surface area contributed by atoms with Gasteiger partial charge in [0.15, 0.2) is 0 Å². The SMILES string of the molecule is C=C1C(C)=C(C(C)C)C=C(C)N1C(C)C. The Morgan fingerprint density at radius 3 is 2.07 bits per heavy atom. The molecule has 0 N–H and O–H groups in total. The summed E-state index contributed by atoms with van der Waals surface area (Å²) in [5, 5.41) is 0. The first-order valence-corrected chi connectivity index (χ1v) is 5.73. The first-order chi connectivity index (χ1) is 6.86. The Balaban J connectivity index is 3.16. The maximum absolute atomic E-state index is 4.21. The van der Waals surface area contributed by atoms with Crippen LogP contribution < -0.4 is 0 Å². The predicted octanol–water partition coefficient (Wildman–Crippen LogP) is 4.10. The number of nitrogens with zero attached hydrogens (tertiary/aromatic N) is 1. The second-order valence-electron chi connectivity index (χ2n) is 4.93. The monoisotopic (exact) mass is 205 g/mol. The van der Waals surface area contributed by atoms with Crippen molar-refractivity contribution in [2.75, 3.05) is 0 Å². The van der Waals surface area contributed by atoms with Crippen molar-refractivity contribution in [1.82, 2.24) is 4.90 Å². The van der Waals surface area contributed by atoms with Gasteiger partial charge < -0.3 is 4.90 Å². The first-order valence-electron chi connectivity index (χ1n) is 5.73. The van der Waals surface area contributed by atoms with Gasteiger partial charge in [-0.25, -0.2) is 0 Å². The van der Waals surface area contributed by atoms with Crippen molar-refractivity contribution in [3.63, 3.8) is 0 Å². The van der Waals surface area contributed by atoms with Gasteiger partial charge in [0.05, 0.1) is 0 Å². The molecular weight excluding hydrogens is 182 g/mol. The average molecular weight is 205 g/mol. The molecule has 1 aliphatic rings. The van der Waals surface area contributed by atoms with E-state index < -0.39 is 0 Å². The van der Waals surface area contributed by atoms with Crippen molar-refractivity contribution in [2.24, 2.45) is 5.92 Å². The van der Waals surface area contributed by atoms with E-state index in [2.05, 4.69) is 59.1 Å². The summed E-state index contributed by atoms with van der Waals surface area (Å²) in [6.07, 6.45) is 2.30. The van der Waals surface area contributed by atoms with Crippen LogP contribution in [0.5, 0.6) is 0 Å². The molecule has 0 bridgehead atoms. The van der Waals surface area contributed by atoms with Gasteiger partial charge in [0.1, 0.15) is 0 Å². The molecule has 0 unspecified atom stereocenters. The van der Waals surface area contributed by atoms with E-state index in [4.69, 9.17) is 0 Å². The van der Waals surface area contributed by atoms with E-state index >= 15 is 0 Å². The maximum Gasteiger partial charge on any atom is 0.0370 e. The lowest BCUT2D eigenvalue weighted by Crippen LogP contribution is -2.31. The minimum atomic E-state index is 0.484. The molecule has 0 aliphatic carbocycles. The van der Waals surface area contributed by atoms with Crippen LogP contribution in [0.4, 0.5) is 0 Å². The van der Waals surface area contributed by atoms with Crippen molar-refractivity contribution >= 4 is 0 Å². The Morgan fingerprint density at radius 2 is 1.67 bits per heavy atom. The lowest BCUT2D eigenvalue weighted by atomic mass is 9.91. The van der Waals surface area contributed by atoms with E-state index in [0.717, 1.165) is 5.70 Å². The maximum atomic E-state index is 4.21. The molecule has 0 saturated carbocycles. The molecule has 0 saturated heterocycles. The van der Waals surface area contributed by atoms with Crippen LogP contribution in [0.3, 0.4) is 0 Å². The fraction of sp³-hybridized carbons (Fsp3) is 0.571. The lowest BCUT2D eigenvalue weighted by Gasteiger charge is -2.36. The Hall–Kier alpha value is -0.980. The van der Waals surface area contributed by atoms with Gasteiger partial charge in [-0.2, -0.15) is 0 Å². The molecule has 84 valence electrons. The fourth-order valence-electron chi connectivity index (χ4n) is 2.28. The zero-order chi connectivity index (χ0) is 11.7. The third-order valence-electron chi connectivity index (χ3n) is 3.04. The normalized spacial score (nSPS) is 18.0. The van der Waals surface area contributed by atoms with Gasteiger partial charge in [0.2, 0.25) is 0 Å². The quantitative estimate of drug-likeness (QED) is 0.656. The van der Waals surface area contributed by atoms with Crippen molar-refractivity contribution in [3.05, 3.63) is 35.2 Å². The molecule has 0 aromatic rings. The second kappa shape index (κ2) is 4.26. The summed E-state index contributed by atoms with van der Waals surface area (Å²) >= 11 is 0. The molecule has 0 amide bonds. The molecule has 1 aliphatic heterocycles. The summed E-state index contributed by atoms with van der Waals surface area (Å²) in [6, 6.07) is 0.484. The lowest BCUT2D eigenvalue weighted by molar-refractivity contribution is 0.355. The van der Waals surface area contributed by atoms with Crippen LogP contribution in [0.15, 0.2) is 35.2 Å². The third kappa shape index (κ3) is 2.17. The van der Waals surface area contributed by atoms with Gasteiger partial charge in [-0.1, -0.05) is 20.4 Å². The highest BCUT2D eigenvalue weighted by Crippen LogP contribution is 2.33. The first kappa shape index (κ1) is 12.1. The average Bonchev–Trinajstić information content (AvgIpc) is 2.10. The molecule has 0 aromatic carbocycles. The Morgan fingerprint density at radius 1 is 1.13 bits per heavy atom. The number of allylic oxidation sites excluding steroid dienone is 4. The van der Waals surface area contributed by atoms with Gasteiger partial charge in [-0.3, -0.25) is 0 Å². The Labute approximate surface area is 94.2 Å². The molecule has 1 heterocycles. The predicted molar refractivity (Wildman–Crippen MR) is 67.4 cm³/mol. The minimum Gasteiger partial charge on any atom is -0.343 e. The van der Waals surface area contributed by atoms with Crippen LogP contribution in [0.25, 0.3) is 0 Å². The fourth-order valence-corrected chi connectivity index (χ4v) is 2.28. The van der Waals surface area contributed by atoms with E-state index in [1.807, 2.05) is 0 Å². The Bertz CT molecular complexity index is 327. The van der Waals surface area contributed by atoms with Crippen molar-refractivity contribution in [1.29, 1.82) is 0 Å². The standard InChI is InChI=1S/C14H23N/c1-9(2)14-8-11(5)15(10(3)4)13(7)12(14)6/h8-10H,7H2,1-6H3. The second-order valence-corrected chi connectivity index (χ2v) is 4.93. The summed E-state index contributed by atoms with van der Waals surface area (Å²) in [4.78, 5) is 2.31. The molecule has 0 radical (unpaired) electrons. The highest BCUT2D eigenvalue weighted by atomic mass is 15.2. The van der Waals surface area contributed by atoms with Crippen LogP contribution in [-0.2, 0) is 0 Å². The van der Waals surface area contributed by atoms with Gasteiger partial charge in [-0.05, 0) is 50.8 Å². The zero-order valence-electron chi connectivity index (χ0n) is 10.9. The zero-order valence-corrected chi connectivity index (χ0v) is 10.9. The van der Waals surface area contributed by atoms with E-state index in [0.29, 0.717) is 12.0 Å². The number of hydrogen-bond donors (Lipinski definition) is 0. The highest BCUT2D eigenvalue weighted by Gasteiger charge is 2.22. The summed E-state index contributed by atoms with van der Waals surface area (Å²) in [6.45, 7) is 17.4. The molecule has 1 heteroatoms. The van der Waals surface area contributed by atoms with Crippen LogP contribution in [-0.4, -0.2) is 10.9 Å². The Kier molecular flexibility index (Phi) is 3.43. The minimum absolute atomic E-state index is 0.484. The van der Waals surface area contributed by atoms with Crippen LogP contribution in [0, 0.1) is 5.92 Å². The molecule has 0 spiro atoms. The summed E-state index contributed by atoms with van der Waals surface area (Å²) < 4.78 is 0. The molecular formula is C14H23N. The summed E-state index contributed by atoms with van der Waals surface area (Å²) in [7, 11) is 0. The highest BCUT2D eigenvalue weighted by molar-refractivity contribution is 5.44. The van der Waals surface area contributed by atoms with Crippen molar-refractivity contribution in [3.8, 4) is 0 Å². The van der Waals surface area contributed by atoms with Gasteiger partial charge >= 0.3 is 0 Å². The number of hydrogen-bond acceptors (Lipinski definition) is 1. The summed E-state index contributed by atoms with van der Waals surface area (Å²) in [5.74, 6) is 0.575. The van der Waals surface area contributed by atoms with Crippen LogP contribution in [0.1, 0.15) is 41.5 Å². The molecule has 1 nitrogen and oxygen atoms in total. The smallest absolute Gasteiger partial charge is 0.0370 e. The molecule has 0 fully saturated rings. The van der Waals surface area contributed by atoms with E-state index in [1.54, 1.807) is 0 Å². The molecule has 15 heavy (non-hydrogen) atoms. The van der Waals surface area contributed by atoms with Crippen molar-refractivity contribution in [2.45, 2.75) is 47.6 Å². The van der Waals surface area contributed by atoms with E-state index in [1.165, 1.54) is 16.8 Å². The van der Waals surface area contributed by atoms with Gasteiger partial charge in [-0.15, -0.1) is 0 Å². The third-order valence-corrected chi connectivity index (χ3v) is 3.04. The van der Waals surface area contributed by atoms with E-state index in [-0.39, 0.29) is 0 Å². The van der Waals surface area contributed by atoms with Crippen molar-refractivity contribution < 1.29 is 0 Å². The van der Waals surface area contributed by atoms with Crippen LogP contribution in [0.2, 0.25) is 0 Å². The molecule has 1 rings (SSSR count).